The van der Waals surface area contributed by atoms with Crippen LogP contribution >= 0.6 is 11.3 Å². The van der Waals surface area contributed by atoms with Crippen LogP contribution in [0.5, 0.6) is 0 Å². The second kappa shape index (κ2) is 10.2. The summed E-state index contributed by atoms with van der Waals surface area (Å²) in [5, 5.41) is 0.205. The summed E-state index contributed by atoms with van der Waals surface area (Å²) in [4.78, 5) is 23.6. The smallest absolute Gasteiger partial charge is 0.243 e. The van der Waals surface area contributed by atoms with Crippen LogP contribution in [0.4, 0.5) is 18.3 Å². The largest absolute Gasteiger partial charge is 0.282 e. The number of sulfonamides is 1. The molecule has 1 amide bonds. The molecule has 0 unspecified atom stereocenters. The molecule has 3 heterocycles. The molecule has 2 aromatic carbocycles. The van der Waals surface area contributed by atoms with Crippen molar-refractivity contribution in [3.63, 3.8) is 0 Å². The predicted octanol–water partition coefficient (Wildman–Crippen LogP) is 4.74. The summed E-state index contributed by atoms with van der Waals surface area (Å²) in [6, 6.07) is 11.8. The molecule has 0 spiro atoms. The van der Waals surface area contributed by atoms with Crippen LogP contribution in [-0.2, 0) is 21.4 Å². The van der Waals surface area contributed by atoms with Gasteiger partial charge in [-0.05, 0) is 55.3 Å². The number of thiazole rings is 1. The van der Waals surface area contributed by atoms with Crippen LogP contribution < -0.4 is 4.90 Å². The van der Waals surface area contributed by atoms with Crippen molar-refractivity contribution in [1.82, 2.24) is 14.3 Å². The van der Waals surface area contributed by atoms with Gasteiger partial charge in [-0.1, -0.05) is 17.4 Å². The first-order valence-corrected chi connectivity index (χ1v) is 13.7. The van der Waals surface area contributed by atoms with E-state index in [0.29, 0.717) is 5.69 Å². The lowest BCUT2D eigenvalue weighted by Gasteiger charge is -2.33. The number of benzene rings is 2. The molecular formula is C25H21F3N4O3S2. The Balaban J connectivity index is 1.39. The lowest BCUT2D eigenvalue weighted by molar-refractivity contribution is -0.123. The van der Waals surface area contributed by atoms with Crippen molar-refractivity contribution in [2.75, 3.05) is 18.0 Å². The summed E-state index contributed by atoms with van der Waals surface area (Å²) < 4.78 is 68.8. The average molecular weight is 547 g/mol. The van der Waals surface area contributed by atoms with E-state index in [9.17, 15) is 26.4 Å². The number of hydrogen-bond donors (Lipinski definition) is 0. The van der Waals surface area contributed by atoms with Crippen molar-refractivity contribution in [3.8, 4) is 0 Å². The molecule has 0 saturated carbocycles. The number of fused-ring (bicyclic) bond motifs is 1. The van der Waals surface area contributed by atoms with Crippen LogP contribution in [0.25, 0.3) is 10.2 Å². The van der Waals surface area contributed by atoms with Gasteiger partial charge in [0.05, 0.1) is 21.8 Å². The molecule has 4 aromatic rings. The molecule has 1 aliphatic rings. The van der Waals surface area contributed by atoms with Crippen molar-refractivity contribution >= 4 is 42.6 Å². The molecule has 0 N–H and O–H groups in total. The van der Waals surface area contributed by atoms with Gasteiger partial charge in [0.2, 0.25) is 15.9 Å². The SMILES string of the molecule is O=C(C1CCN(S(=O)(=O)c2ccc(F)cc2)CC1)N(Cc1ccccn1)c1nc2c(F)cc(F)cc2s1. The van der Waals surface area contributed by atoms with Crippen LogP contribution in [0, 0.1) is 23.4 Å². The number of hydrogen-bond acceptors (Lipinski definition) is 6. The molecule has 1 saturated heterocycles. The molecule has 0 atom stereocenters. The summed E-state index contributed by atoms with van der Waals surface area (Å²) >= 11 is 0.998. The van der Waals surface area contributed by atoms with E-state index in [-0.39, 0.29) is 58.6 Å². The van der Waals surface area contributed by atoms with E-state index >= 15 is 0 Å². The minimum Gasteiger partial charge on any atom is -0.282 e. The minimum atomic E-state index is -3.83. The molecule has 1 aliphatic heterocycles. The van der Waals surface area contributed by atoms with Crippen LogP contribution in [0.15, 0.2) is 65.7 Å². The van der Waals surface area contributed by atoms with Gasteiger partial charge in [-0.15, -0.1) is 0 Å². The maximum atomic E-state index is 14.3. The second-order valence-electron chi connectivity index (χ2n) is 8.61. The molecule has 12 heteroatoms. The summed E-state index contributed by atoms with van der Waals surface area (Å²) in [7, 11) is -3.83. The summed E-state index contributed by atoms with van der Waals surface area (Å²) in [6.45, 7) is 0.276. The Morgan fingerprint density at radius 1 is 1.03 bits per heavy atom. The molecule has 192 valence electrons. The summed E-state index contributed by atoms with van der Waals surface area (Å²) in [5.74, 6) is -2.91. The van der Waals surface area contributed by atoms with Crippen molar-refractivity contribution in [1.29, 1.82) is 0 Å². The van der Waals surface area contributed by atoms with Crippen molar-refractivity contribution in [2.24, 2.45) is 5.92 Å². The van der Waals surface area contributed by atoms with Crippen molar-refractivity contribution < 1.29 is 26.4 Å². The average Bonchev–Trinajstić information content (AvgIpc) is 3.32. The normalized spacial score (nSPS) is 15.2. The van der Waals surface area contributed by atoms with Gasteiger partial charge >= 0.3 is 0 Å². The fourth-order valence-electron chi connectivity index (χ4n) is 4.27. The van der Waals surface area contributed by atoms with E-state index in [1.54, 1.807) is 24.4 Å². The highest BCUT2D eigenvalue weighted by Gasteiger charge is 2.35. The zero-order valence-corrected chi connectivity index (χ0v) is 21.0. The number of piperidine rings is 1. The Hall–Kier alpha value is -3.35. The van der Waals surface area contributed by atoms with E-state index in [4.69, 9.17) is 0 Å². The number of halogens is 3. The Bertz CT molecular complexity index is 1540. The first-order chi connectivity index (χ1) is 17.7. The molecule has 1 fully saturated rings. The monoisotopic (exact) mass is 546 g/mol. The predicted molar refractivity (Wildman–Crippen MR) is 133 cm³/mol. The Morgan fingerprint density at radius 3 is 2.43 bits per heavy atom. The third-order valence-corrected chi connectivity index (χ3v) is 9.14. The van der Waals surface area contributed by atoms with E-state index in [1.807, 2.05) is 0 Å². The maximum Gasteiger partial charge on any atom is 0.243 e. The molecule has 2 aromatic heterocycles. The second-order valence-corrected chi connectivity index (χ2v) is 11.6. The number of amides is 1. The number of nitrogens with zero attached hydrogens (tertiary/aromatic N) is 4. The highest BCUT2D eigenvalue weighted by atomic mass is 32.2. The zero-order valence-electron chi connectivity index (χ0n) is 19.4. The van der Waals surface area contributed by atoms with Crippen LogP contribution in [0.3, 0.4) is 0 Å². The molecule has 0 radical (unpaired) electrons. The van der Waals surface area contributed by atoms with Gasteiger partial charge in [-0.25, -0.2) is 26.6 Å². The molecule has 37 heavy (non-hydrogen) atoms. The maximum absolute atomic E-state index is 14.3. The fraction of sp³-hybridized carbons (Fsp3) is 0.240. The van der Waals surface area contributed by atoms with Gasteiger partial charge in [-0.3, -0.25) is 14.7 Å². The number of anilines is 1. The van der Waals surface area contributed by atoms with Gasteiger partial charge in [0.15, 0.2) is 10.9 Å². The van der Waals surface area contributed by atoms with E-state index in [2.05, 4.69) is 9.97 Å². The van der Waals surface area contributed by atoms with Crippen LogP contribution in [0.2, 0.25) is 0 Å². The van der Waals surface area contributed by atoms with Gasteiger partial charge < -0.3 is 0 Å². The first-order valence-electron chi connectivity index (χ1n) is 11.4. The summed E-state index contributed by atoms with van der Waals surface area (Å²) in [5.41, 5.74) is 0.554. The molecule has 0 bridgehead atoms. The summed E-state index contributed by atoms with van der Waals surface area (Å²) in [6.07, 6.45) is 2.10. The lowest BCUT2D eigenvalue weighted by atomic mass is 9.96. The van der Waals surface area contributed by atoms with Gasteiger partial charge in [-0.2, -0.15) is 4.31 Å². The standard InChI is InChI=1S/C25H21F3N4O3S2/c26-17-4-6-20(7-5-17)37(34,35)31-11-8-16(9-12-31)24(33)32(15-19-3-1-2-10-29-19)25-30-23-21(28)13-18(27)14-22(23)36-25/h1-7,10,13-14,16H,8-9,11-12,15H2. The topological polar surface area (TPSA) is 83.5 Å². The molecule has 0 aliphatic carbocycles. The van der Waals surface area contributed by atoms with Crippen LogP contribution in [0.1, 0.15) is 18.5 Å². The minimum absolute atomic E-state index is 0.0146. The highest BCUT2D eigenvalue weighted by Crippen LogP contribution is 2.34. The third-order valence-electron chi connectivity index (χ3n) is 6.20. The Kier molecular flexibility index (Phi) is 6.97. The number of aromatic nitrogens is 2. The lowest BCUT2D eigenvalue weighted by Crippen LogP contribution is -2.44. The van der Waals surface area contributed by atoms with Gasteiger partial charge in [0.25, 0.3) is 0 Å². The van der Waals surface area contributed by atoms with Crippen molar-refractivity contribution in [3.05, 3.63) is 83.9 Å². The number of carbonyl (C=O) groups is 1. The molecular weight excluding hydrogens is 525 g/mol. The zero-order chi connectivity index (χ0) is 26.2. The van der Waals surface area contributed by atoms with E-state index < -0.39 is 33.4 Å². The first kappa shape index (κ1) is 25.3. The number of pyridine rings is 1. The van der Waals surface area contributed by atoms with E-state index in [1.165, 1.54) is 27.4 Å². The molecule has 7 nitrogen and oxygen atoms in total. The number of carbonyl (C=O) groups excluding carboxylic acids is 1. The van der Waals surface area contributed by atoms with Crippen molar-refractivity contribution in [2.45, 2.75) is 24.3 Å². The van der Waals surface area contributed by atoms with Gasteiger partial charge in [0.1, 0.15) is 17.2 Å². The quantitative estimate of drug-likeness (QED) is 0.349. The molecule has 5 rings (SSSR count). The highest BCUT2D eigenvalue weighted by molar-refractivity contribution is 7.89. The number of rotatable bonds is 6. The Labute approximate surface area is 215 Å². The van der Waals surface area contributed by atoms with Gasteiger partial charge in [0, 0.05) is 31.3 Å². The van der Waals surface area contributed by atoms with Crippen LogP contribution in [-0.4, -0.2) is 41.7 Å². The van der Waals surface area contributed by atoms with E-state index in [0.717, 1.165) is 29.5 Å². The third kappa shape index (κ3) is 5.22. The fourth-order valence-corrected chi connectivity index (χ4v) is 6.75. The Morgan fingerprint density at radius 2 is 1.76 bits per heavy atom.